The number of nitrogens with one attached hydrogen (secondary N) is 1. The van der Waals surface area contributed by atoms with Crippen LogP contribution in [0.4, 0.5) is 14.6 Å². The summed E-state index contributed by atoms with van der Waals surface area (Å²) in [6.45, 7) is 0. The lowest BCUT2D eigenvalue weighted by atomic mass is 9.91. The third-order valence-corrected chi connectivity index (χ3v) is 5.74. The minimum atomic E-state index is -0.343. The van der Waals surface area contributed by atoms with E-state index in [4.69, 9.17) is 9.97 Å². The Hall–Kier alpha value is -3.93. The Balaban J connectivity index is 1.50. The lowest BCUT2D eigenvalue weighted by Gasteiger charge is -2.21. The van der Waals surface area contributed by atoms with Crippen molar-refractivity contribution in [3.05, 3.63) is 113 Å². The second kappa shape index (κ2) is 8.90. The molecule has 0 aliphatic heterocycles. The van der Waals surface area contributed by atoms with Crippen LogP contribution in [-0.4, -0.2) is 15.9 Å². The maximum Gasteiger partial charge on any atom is 0.229 e. The average Bonchev–Trinajstić information content (AvgIpc) is 2.81. The highest BCUT2D eigenvalue weighted by Gasteiger charge is 2.23. The van der Waals surface area contributed by atoms with Gasteiger partial charge in [0.05, 0.1) is 23.5 Å². The van der Waals surface area contributed by atoms with Crippen LogP contribution in [0.2, 0.25) is 0 Å². The van der Waals surface area contributed by atoms with Gasteiger partial charge in [0, 0.05) is 12.0 Å². The second-order valence-corrected chi connectivity index (χ2v) is 8.13. The first kappa shape index (κ1) is 20.9. The lowest BCUT2D eigenvalue weighted by Crippen LogP contribution is -2.20. The van der Waals surface area contributed by atoms with E-state index in [1.54, 1.807) is 24.3 Å². The van der Waals surface area contributed by atoms with E-state index in [1.807, 2.05) is 30.3 Å². The highest BCUT2D eigenvalue weighted by atomic mass is 19.1. The van der Waals surface area contributed by atoms with Gasteiger partial charge in [-0.25, -0.2) is 18.7 Å². The summed E-state index contributed by atoms with van der Waals surface area (Å²) in [5.74, 6) is -0.428. The molecule has 1 aliphatic carbocycles. The minimum absolute atomic E-state index is 0.103. The predicted molar refractivity (Wildman–Crippen MR) is 123 cm³/mol. The summed E-state index contributed by atoms with van der Waals surface area (Å²) in [4.78, 5) is 22.4. The van der Waals surface area contributed by atoms with E-state index in [2.05, 4.69) is 5.32 Å². The van der Waals surface area contributed by atoms with Crippen molar-refractivity contribution < 1.29 is 13.6 Å². The Morgan fingerprint density at radius 3 is 2.39 bits per heavy atom. The van der Waals surface area contributed by atoms with Gasteiger partial charge in [-0.1, -0.05) is 42.5 Å². The van der Waals surface area contributed by atoms with Crippen LogP contribution in [0.25, 0.3) is 11.3 Å². The van der Waals surface area contributed by atoms with Gasteiger partial charge in [0.2, 0.25) is 5.91 Å². The number of aryl methyl sites for hydroxylation is 2. The molecule has 164 valence electrons. The number of carbonyl (C=O) groups is 1. The Labute approximate surface area is 190 Å². The number of rotatable bonds is 5. The summed E-state index contributed by atoms with van der Waals surface area (Å²) < 4.78 is 26.9. The fraction of sp³-hybridized carbons (Fsp3) is 0.148. The third-order valence-electron chi connectivity index (χ3n) is 5.74. The number of anilines is 1. The quantitative estimate of drug-likeness (QED) is 0.458. The second-order valence-electron chi connectivity index (χ2n) is 8.13. The summed E-state index contributed by atoms with van der Waals surface area (Å²) in [6.07, 6.45) is 1.87. The highest BCUT2D eigenvalue weighted by Crippen LogP contribution is 2.33. The Morgan fingerprint density at radius 1 is 0.848 bits per heavy atom. The molecule has 0 fully saturated rings. The molecule has 33 heavy (non-hydrogen) atoms. The number of benzene rings is 3. The molecule has 1 heterocycles. The van der Waals surface area contributed by atoms with Crippen LogP contribution in [0, 0.1) is 11.6 Å². The van der Waals surface area contributed by atoms with Crippen LogP contribution in [0.5, 0.6) is 0 Å². The molecular weight excluding hydrogens is 420 g/mol. The fourth-order valence-corrected chi connectivity index (χ4v) is 4.12. The molecule has 5 rings (SSSR count). The third kappa shape index (κ3) is 4.65. The van der Waals surface area contributed by atoms with E-state index in [-0.39, 0.29) is 24.0 Å². The zero-order valence-electron chi connectivity index (χ0n) is 17.8. The Bertz CT molecular complexity index is 1320. The van der Waals surface area contributed by atoms with Crippen molar-refractivity contribution in [2.24, 2.45) is 0 Å². The molecule has 1 N–H and O–H groups in total. The van der Waals surface area contributed by atoms with Gasteiger partial charge in [-0.3, -0.25) is 4.79 Å². The summed E-state index contributed by atoms with van der Waals surface area (Å²) >= 11 is 0. The van der Waals surface area contributed by atoms with E-state index in [1.165, 1.54) is 18.2 Å². The molecule has 4 nitrogen and oxygen atoms in total. The number of carbonyl (C=O) groups excluding carboxylic acids is 1. The van der Waals surface area contributed by atoms with Gasteiger partial charge in [0.15, 0.2) is 5.82 Å². The van der Waals surface area contributed by atoms with Crippen LogP contribution in [0.1, 0.15) is 28.1 Å². The number of hydrogen-bond acceptors (Lipinski definition) is 3. The average molecular weight is 441 g/mol. The predicted octanol–water partition coefficient (Wildman–Crippen LogP) is 5.29. The largest absolute Gasteiger partial charge is 0.309 e. The number of fused-ring (bicyclic) bond motifs is 3. The van der Waals surface area contributed by atoms with Gasteiger partial charge in [0.1, 0.15) is 11.6 Å². The van der Waals surface area contributed by atoms with E-state index >= 15 is 0 Å². The van der Waals surface area contributed by atoms with Gasteiger partial charge >= 0.3 is 0 Å². The van der Waals surface area contributed by atoms with Crippen molar-refractivity contribution >= 4 is 11.7 Å². The molecule has 0 unspecified atom stereocenters. The monoisotopic (exact) mass is 441 g/mol. The van der Waals surface area contributed by atoms with Crippen LogP contribution in [-0.2, 0) is 30.5 Å². The normalized spacial score (nSPS) is 12.1. The highest BCUT2D eigenvalue weighted by molar-refractivity contribution is 5.92. The Kier molecular flexibility index (Phi) is 5.65. The fourth-order valence-electron chi connectivity index (χ4n) is 4.12. The van der Waals surface area contributed by atoms with Gasteiger partial charge in [0.25, 0.3) is 0 Å². The summed E-state index contributed by atoms with van der Waals surface area (Å²) in [7, 11) is 0. The van der Waals surface area contributed by atoms with Crippen LogP contribution in [0.3, 0.4) is 0 Å². The smallest absolute Gasteiger partial charge is 0.229 e. The molecule has 1 aromatic heterocycles. The van der Waals surface area contributed by atoms with Gasteiger partial charge in [-0.2, -0.15) is 0 Å². The first-order chi connectivity index (χ1) is 16.0. The lowest BCUT2D eigenvalue weighted by molar-refractivity contribution is -0.115. The maximum absolute atomic E-state index is 13.7. The van der Waals surface area contributed by atoms with Crippen LogP contribution >= 0.6 is 0 Å². The molecule has 3 aromatic carbocycles. The summed E-state index contributed by atoms with van der Waals surface area (Å²) in [5, 5.41) is 2.91. The molecular formula is C27H21F2N3O. The number of hydrogen-bond donors (Lipinski definition) is 1. The maximum atomic E-state index is 13.7. The zero-order valence-corrected chi connectivity index (χ0v) is 17.8. The van der Waals surface area contributed by atoms with Crippen LogP contribution < -0.4 is 5.32 Å². The van der Waals surface area contributed by atoms with Crippen molar-refractivity contribution in [3.63, 3.8) is 0 Å². The van der Waals surface area contributed by atoms with Crippen molar-refractivity contribution in [3.8, 4) is 11.3 Å². The number of halogens is 2. The first-order valence-electron chi connectivity index (χ1n) is 10.8. The molecule has 1 amide bonds. The van der Waals surface area contributed by atoms with Crippen LogP contribution in [0.15, 0.2) is 72.8 Å². The molecule has 0 atom stereocenters. The van der Waals surface area contributed by atoms with E-state index < -0.39 is 0 Å². The molecule has 0 saturated heterocycles. The standard InChI is InChI=1S/C27H21F2N3O/c28-20-9-6-18(7-10-20)15-25(33)32-27-24(14-17-4-2-1-3-5-17)30-26-22-12-11-21(29)16-19(22)8-13-23(26)31-27/h1-7,9-12,16H,8,13-15H2,(H,31,32,33). The SMILES string of the molecule is O=C(Cc1ccc(F)cc1)Nc1nc2c(nc1Cc1ccccc1)-c1ccc(F)cc1CC2. The van der Waals surface area contributed by atoms with Gasteiger partial charge in [-0.05, 0) is 59.9 Å². The molecule has 0 spiro atoms. The van der Waals surface area contributed by atoms with Gasteiger partial charge < -0.3 is 5.32 Å². The first-order valence-corrected chi connectivity index (χ1v) is 10.8. The van der Waals surface area contributed by atoms with E-state index in [9.17, 15) is 13.6 Å². The zero-order chi connectivity index (χ0) is 22.8. The topological polar surface area (TPSA) is 54.9 Å². The molecule has 0 saturated carbocycles. The molecule has 1 aliphatic rings. The Morgan fingerprint density at radius 2 is 1.61 bits per heavy atom. The van der Waals surface area contributed by atoms with Gasteiger partial charge in [-0.15, -0.1) is 0 Å². The minimum Gasteiger partial charge on any atom is -0.309 e. The molecule has 4 aromatic rings. The summed E-state index contributed by atoms with van der Waals surface area (Å²) in [6, 6.07) is 20.4. The molecule has 6 heteroatoms. The van der Waals surface area contributed by atoms with Crippen molar-refractivity contribution in [1.29, 1.82) is 0 Å². The van der Waals surface area contributed by atoms with Crippen molar-refractivity contribution in [2.45, 2.75) is 25.7 Å². The number of aromatic nitrogens is 2. The number of nitrogens with zero attached hydrogens (tertiary/aromatic N) is 2. The van der Waals surface area contributed by atoms with E-state index in [0.29, 0.717) is 36.3 Å². The van der Waals surface area contributed by atoms with E-state index in [0.717, 1.165) is 28.1 Å². The number of amides is 1. The van der Waals surface area contributed by atoms with Crippen molar-refractivity contribution in [1.82, 2.24) is 9.97 Å². The van der Waals surface area contributed by atoms with Crippen molar-refractivity contribution in [2.75, 3.05) is 5.32 Å². The molecule has 0 radical (unpaired) electrons. The molecule has 0 bridgehead atoms. The summed E-state index contributed by atoms with van der Waals surface area (Å²) in [5.41, 5.74) is 5.70.